The fourth-order valence-corrected chi connectivity index (χ4v) is 2.10. The number of halogens is 1. The van der Waals surface area contributed by atoms with E-state index in [-0.39, 0.29) is 11.5 Å². The van der Waals surface area contributed by atoms with Gasteiger partial charge in [-0.15, -0.1) is 0 Å². The van der Waals surface area contributed by atoms with Gasteiger partial charge in [-0.3, -0.25) is 4.79 Å². The molecular formula is C16H13BrO3. The van der Waals surface area contributed by atoms with Crippen molar-refractivity contribution in [3.05, 3.63) is 64.1 Å². The molecule has 1 N–H and O–H groups in total. The lowest BCUT2D eigenvalue weighted by Crippen LogP contribution is -1.93. The van der Waals surface area contributed by atoms with Gasteiger partial charge in [0.1, 0.15) is 11.5 Å². The van der Waals surface area contributed by atoms with Crippen LogP contribution < -0.4 is 4.74 Å². The van der Waals surface area contributed by atoms with Crippen molar-refractivity contribution in [2.24, 2.45) is 0 Å². The van der Waals surface area contributed by atoms with Gasteiger partial charge >= 0.3 is 0 Å². The van der Waals surface area contributed by atoms with Crippen molar-refractivity contribution in [1.29, 1.82) is 0 Å². The smallest absolute Gasteiger partial charge is 0.185 e. The molecule has 0 amide bonds. The Balaban J connectivity index is 2.22. The minimum Gasteiger partial charge on any atom is -0.508 e. The fourth-order valence-electron chi connectivity index (χ4n) is 1.72. The molecule has 0 fully saturated rings. The van der Waals surface area contributed by atoms with Crippen LogP contribution in [0.1, 0.15) is 15.9 Å². The van der Waals surface area contributed by atoms with Crippen molar-refractivity contribution in [3.8, 4) is 11.5 Å². The van der Waals surface area contributed by atoms with E-state index in [2.05, 4.69) is 15.9 Å². The molecule has 2 aromatic carbocycles. The van der Waals surface area contributed by atoms with Crippen LogP contribution in [0.15, 0.2) is 53.0 Å². The summed E-state index contributed by atoms with van der Waals surface area (Å²) < 4.78 is 6.15. The van der Waals surface area contributed by atoms with Crippen molar-refractivity contribution < 1.29 is 14.6 Å². The summed E-state index contributed by atoms with van der Waals surface area (Å²) in [4.78, 5) is 12.0. The monoisotopic (exact) mass is 332 g/mol. The van der Waals surface area contributed by atoms with Gasteiger partial charge in [0, 0.05) is 15.6 Å². The lowest BCUT2D eigenvalue weighted by molar-refractivity contribution is 0.104. The molecule has 0 aliphatic heterocycles. The summed E-state index contributed by atoms with van der Waals surface area (Å²) in [6, 6.07) is 11.7. The zero-order valence-corrected chi connectivity index (χ0v) is 12.4. The van der Waals surface area contributed by atoms with E-state index in [1.807, 2.05) is 18.2 Å². The van der Waals surface area contributed by atoms with E-state index in [0.29, 0.717) is 11.3 Å². The molecule has 102 valence electrons. The van der Waals surface area contributed by atoms with Gasteiger partial charge < -0.3 is 9.84 Å². The number of phenolic OH excluding ortho intramolecular Hbond substituents is 1. The summed E-state index contributed by atoms with van der Waals surface area (Å²) in [5, 5.41) is 9.19. The molecule has 2 rings (SSSR count). The molecule has 0 bridgehead atoms. The molecule has 2 aromatic rings. The second-order valence-corrected chi connectivity index (χ2v) is 5.05. The number of hydrogen-bond donors (Lipinski definition) is 1. The van der Waals surface area contributed by atoms with E-state index in [9.17, 15) is 9.90 Å². The average molecular weight is 333 g/mol. The number of carbonyl (C=O) groups excluding carboxylic acids is 1. The maximum atomic E-state index is 12.0. The van der Waals surface area contributed by atoms with Crippen LogP contribution in [0.3, 0.4) is 0 Å². The van der Waals surface area contributed by atoms with Gasteiger partial charge in [0.2, 0.25) is 0 Å². The van der Waals surface area contributed by atoms with Crippen molar-refractivity contribution in [2.75, 3.05) is 7.11 Å². The highest BCUT2D eigenvalue weighted by Crippen LogP contribution is 2.24. The summed E-state index contributed by atoms with van der Waals surface area (Å²) >= 11 is 3.38. The quantitative estimate of drug-likeness (QED) is 0.678. The molecule has 20 heavy (non-hydrogen) atoms. The second-order valence-electron chi connectivity index (χ2n) is 4.13. The number of methoxy groups -OCH3 is 1. The number of aromatic hydroxyl groups is 1. The van der Waals surface area contributed by atoms with Crippen molar-refractivity contribution in [3.63, 3.8) is 0 Å². The Labute approximate surface area is 125 Å². The number of hydrogen-bond acceptors (Lipinski definition) is 3. The van der Waals surface area contributed by atoms with Gasteiger partial charge in [0.15, 0.2) is 5.78 Å². The van der Waals surface area contributed by atoms with Crippen LogP contribution >= 0.6 is 15.9 Å². The fraction of sp³-hybridized carbons (Fsp3) is 0.0625. The van der Waals surface area contributed by atoms with E-state index < -0.39 is 0 Å². The van der Waals surface area contributed by atoms with Crippen LogP contribution in [-0.4, -0.2) is 18.0 Å². The summed E-state index contributed by atoms with van der Waals surface area (Å²) in [6.07, 6.45) is 3.19. The van der Waals surface area contributed by atoms with E-state index in [1.54, 1.807) is 25.3 Å². The number of ether oxygens (including phenoxy) is 1. The Morgan fingerprint density at radius 3 is 2.55 bits per heavy atom. The maximum absolute atomic E-state index is 12.0. The minimum atomic E-state index is -0.132. The Morgan fingerprint density at radius 1 is 1.20 bits per heavy atom. The molecule has 0 saturated carbocycles. The molecule has 0 spiro atoms. The zero-order chi connectivity index (χ0) is 14.5. The highest BCUT2D eigenvalue weighted by atomic mass is 79.9. The van der Waals surface area contributed by atoms with Gasteiger partial charge in [-0.05, 0) is 54.6 Å². The molecule has 0 radical (unpaired) electrons. The molecule has 0 unspecified atom stereocenters. The van der Waals surface area contributed by atoms with E-state index in [0.717, 1.165) is 10.0 Å². The predicted octanol–water partition coefficient (Wildman–Crippen LogP) is 4.06. The van der Waals surface area contributed by atoms with E-state index in [1.165, 1.54) is 18.2 Å². The Hall–Kier alpha value is -2.07. The van der Waals surface area contributed by atoms with E-state index in [4.69, 9.17) is 4.74 Å². The third kappa shape index (κ3) is 3.48. The summed E-state index contributed by atoms with van der Waals surface area (Å²) in [5.74, 6) is 0.703. The van der Waals surface area contributed by atoms with Crippen LogP contribution in [0.4, 0.5) is 0 Å². The molecule has 4 heteroatoms. The average Bonchev–Trinajstić information content (AvgIpc) is 2.45. The molecule has 0 saturated heterocycles. The maximum Gasteiger partial charge on any atom is 0.185 e. The standard InChI is InChI=1S/C16H13BrO3/c1-20-16-9-5-13(17)10-12(16)4-8-15(19)11-2-6-14(18)7-3-11/h2-10,18H,1H3/b8-4+. The number of rotatable bonds is 4. The van der Waals surface area contributed by atoms with Gasteiger partial charge in [-0.2, -0.15) is 0 Å². The van der Waals surface area contributed by atoms with Crippen molar-refractivity contribution >= 4 is 27.8 Å². The molecular weight excluding hydrogens is 320 g/mol. The second kappa shape index (κ2) is 6.39. The first kappa shape index (κ1) is 14.3. The normalized spacial score (nSPS) is 10.7. The van der Waals surface area contributed by atoms with Crippen LogP contribution in [0, 0.1) is 0 Å². The molecule has 0 aliphatic rings. The third-order valence-electron chi connectivity index (χ3n) is 2.76. The minimum absolute atomic E-state index is 0.132. The van der Waals surface area contributed by atoms with Gasteiger partial charge in [-0.25, -0.2) is 0 Å². The summed E-state index contributed by atoms with van der Waals surface area (Å²) in [5.41, 5.74) is 1.34. The number of benzene rings is 2. The lowest BCUT2D eigenvalue weighted by atomic mass is 10.1. The molecule has 0 heterocycles. The van der Waals surface area contributed by atoms with Crippen molar-refractivity contribution in [2.45, 2.75) is 0 Å². The number of ketones is 1. The van der Waals surface area contributed by atoms with Gasteiger partial charge in [0.05, 0.1) is 7.11 Å². The van der Waals surface area contributed by atoms with Gasteiger partial charge in [-0.1, -0.05) is 15.9 Å². The molecule has 0 aliphatic carbocycles. The number of phenols is 1. The van der Waals surface area contributed by atoms with Crippen molar-refractivity contribution in [1.82, 2.24) is 0 Å². The Bertz CT molecular complexity index is 645. The highest BCUT2D eigenvalue weighted by molar-refractivity contribution is 9.10. The molecule has 0 aromatic heterocycles. The van der Waals surface area contributed by atoms with Crippen LogP contribution in [-0.2, 0) is 0 Å². The predicted molar refractivity (Wildman–Crippen MR) is 82.2 cm³/mol. The SMILES string of the molecule is COc1ccc(Br)cc1/C=C/C(=O)c1ccc(O)cc1. The van der Waals surface area contributed by atoms with Gasteiger partial charge in [0.25, 0.3) is 0 Å². The Kier molecular flexibility index (Phi) is 4.58. The Morgan fingerprint density at radius 2 is 1.90 bits per heavy atom. The highest BCUT2D eigenvalue weighted by Gasteiger charge is 2.04. The van der Waals surface area contributed by atoms with E-state index >= 15 is 0 Å². The topological polar surface area (TPSA) is 46.5 Å². The third-order valence-corrected chi connectivity index (χ3v) is 3.25. The molecule has 3 nitrogen and oxygen atoms in total. The molecule has 0 atom stereocenters. The van der Waals surface area contributed by atoms with Crippen LogP contribution in [0.25, 0.3) is 6.08 Å². The summed E-state index contributed by atoms with van der Waals surface area (Å²) in [7, 11) is 1.59. The van der Waals surface area contributed by atoms with Crippen LogP contribution in [0.5, 0.6) is 11.5 Å². The number of carbonyl (C=O) groups is 1. The number of allylic oxidation sites excluding steroid dienone is 1. The first-order chi connectivity index (χ1) is 9.60. The lowest BCUT2D eigenvalue weighted by Gasteiger charge is -2.04. The largest absolute Gasteiger partial charge is 0.508 e. The van der Waals surface area contributed by atoms with Crippen LogP contribution in [0.2, 0.25) is 0 Å². The first-order valence-electron chi connectivity index (χ1n) is 5.95. The summed E-state index contributed by atoms with van der Waals surface area (Å²) in [6.45, 7) is 0. The zero-order valence-electron chi connectivity index (χ0n) is 10.8. The first-order valence-corrected chi connectivity index (χ1v) is 6.74.